The highest BCUT2D eigenvalue weighted by molar-refractivity contribution is 6.03. The summed E-state index contributed by atoms with van der Waals surface area (Å²) in [5, 5.41) is 28.8. The van der Waals surface area contributed by atoms with Crippen LogP contribution in [0.5, 0.6) is 11.5 Å². The Kier molecular flexibility index (Phi) is 4.31. The van der Waals surface area contributed by atoms with Crippen molar-refractivity contribution in [1.29, 1.82) is 5.26 Å². The van der Waals surface area contributed by atoms with Gasteiger partial charge in [0.15, 0.2) is 0 Å². The molecule has 0 aliphatic heterocycles. The van der Waals surface area contributed by atoms with E-state index in [1.807, 2.05) is 30.3 Å². The molecule has 0 aliphatic rings. The van der Waals surface area contributed by atoms with Gasteiger partial charge in [-0.25, -0.2) is 0 Å². The minimum atomic E-state index is 0.155. The average Bonchev–Trinajstić information content (AvgIpc) is 2.62. The van der Waals surface area contributed by atoms with Crippen molar-refractivity contribution >= 4 is 11.1 Å². The van der Waals surface area contributed by atoms with Gasteiger partial charge in [0.25, 0.3) is 0 Å². The van der Waals surface area contributed by atoms with Crippen LogP contribution in [0.2, 0.25) is 0 Å². The van der Waals surface area contributed by atoms with Crippen molar-refractivity contribution in [2.75, 3.05) is 0 Å². The van der Waals surface area contributed by atoms with E-state index in [0.717, 1.165) is 22.3 Å². The molecule has 2 N–H and O–H groups in total. The van der Waals surface area contributed by atoms with Crippen molar-refractivity contribution in [3.63, 3.8) is 0 Å². The van der Waals surface area contributed by atoms with Gasteiger partial charge < -0.3 is 10.2 Å². The Balaban J connectivity index is 2.28. The van der Waals surface area contributed by atoms with Gasteiger partial charge in [0.2, 0.25) is 0 Å². The molecule has 3 heteroatoms. The molecule has 116 valence electrons. The summed E-state index contributed by atoms with van der Waals surface area (Å²) in [6.07, 6.45) is 0. The Morgan fingerprint density at radius 3 is 1.58 bits per heavy atom. The first-order valence-corrected chi connectivity index (χ1v) is 7.47. The summed E-state index contributed by atoms with van der Waals surface area (Å²) in [5.74, 6) is 0.330. The minimum absolute atomic E-state index is 0.155. The number of aromatic hydroxyl groups is 2. The highest BCUT2D eigenvalue weighted by Crippen LogP contribution is 2.33. The number of rotatable bonds is 3. The Morgan fingerprint density at radius 1 is 0.625 bits per heavy atom. The first kappa shape index (κ1) is 15.4. The van der Waals surface area contributed by atoms with Crippen LogP contribution >= 0.6 is 0 Å². The molecule has 0 aliphatic carbocycles. The van der Waals surface area contributed by atoms with E-state index >= 15 is 0 Å². The molecule has 3 aromatic carbocycles. The van der Waals surface area contributed by atoms with Crippen molar-refractivity contribution in [3.05, 3.63) is 95.6 Å². The van der Waals surface area contributed by atoms with Crippen molar-refractivity contribution < 1.29 is 10.2 Å². The zero-order valence-corrected chi connectivity index (χ0v) is 12.8. The third-order valence-corrected chi connectivity index (χ3v) is 3.74. The molecule has 3 rings (SSSR count). The number of benzene rings is 3. The van der Waals surface area contributed by atoms with Gasteiger partial charge >= 0.3 is 0 Å². The number of hydrogen-bond acceptors (Lipinski definition) is 3. The van der Waals surface area contributed by atoms with Crippen LogP contribution in [0.1, 0.15) is 16.7 Å². The summed E-state index contributed by atoms with van der Waals surface area (Å²) < 4.78 is 0. The maximum Gasteiger partial charge on any atom is 0.115 e. The molecule has 0 spiro atoms. The highest BCUT2D eigenvalue weighted by Gasteiger charge is 2.14. The molecule has 0 saturated heterocycles. The van der Waals surface area contributed by atoms with Gasteiger partial charge in [-0.15, -0.1) is 0 Å². The Morgan fingerprint density at radius 2 is 1.08 bits per heavy atom. The van der Waals surface area contributed by atoms with Gasteiger partial charge in [-0.05, 0) is 53.1 Å². The smallest absolute Gasteiger partial charge is 0.115 e. The lowest BCUT2D eigenvalue weighted by Crippen LogP contribution is -1.93. The van der Waals surface area contributed by atoms with Crippen LogP contribution in [0.15, 0.2) is 78.9 Å². The molecular weight excluding hydrogens is 298 g/mol. The molecular formula is C21H15NO2. The zero-order chi connectivity index (χ0) is 16.9. The predicted octanol–water partition coefficient (Wildman–Crippen LogP) is 4.58. The van der Waals surface area contributed by atoms with Crippen LogP contribution in [0, 0.1) is 11.3 Å². The van der Waals surface area contributed by atoms with Gasteiger partial charge in [-0.1, -0.05) is 42.5 Å². The third-order valence-electron chi connectivity index (χ3n) is 3.74. The molecule has 3 aromatic rings. The second-order valence-electron chi connectivity index (χ2n) is 5.32. The Bertz CT molecular complexity index is 903. The quantitative estimate of drug-likeness (QED) is 0.549. The minimum Gasteiger partial charge on any atom is -0.508 e. The molecule has 24 heavy (non-hydrogen) atoms. The summed E-state index contributed by atoms with van der Waals surface area (Å²) in [5.41, 5.74) is 3.76. The summed E-state index contributed by atoms with van der Waals surface area (Å²) in [7, 11) is 0. The summed E-state index contributed by atoms with van der Waals surface area (Å²) >= 11 is 0. The van der Waals surface area contributed by atoms with Crippen LogP contribution in [-0.4, -0.2) is 10.2 Å². The van der Waals surface area contributed by atoms with E-state index in [1.165, 1.54) is 0 Å². The predicted molar refractivity (Wildman–Crippen MR) is 94.2 cm³/mol. The fraction of sp³-hybridized carbons (Fsp3) is 0. The van der Waals surface area contributed by atoms with Crippen LogP contribution in [0.25, 0.3) is 11.1 Å². The number of phenolic OH excluding ortho intramolecular Hbond substituents is 2. The highest BCUT2D eigenvalue weighted by atomic mass is 16.3. The van der Waals surface area contributed by atoms with E-state index in [9.17, 15) is 15.5 Å². The molecule has 0 atom stereocenters. The second kappa shape index (κ2) is 6.72. The number of nitrogens with zero attached hydrogens (tertiary/aromatic N) is 1. The van der Waals surface area contributed by atoms with Gasteiger partial charge in [-0.3, -0.25) is 0 Å². The van der Waals surface area contributed by atoms with E-state index in [1.54, 1.807) is 48.5 Å². The van der Waals surface area contributed by atoms with Gasteiger partial charge in [0, 0.05) is 5.57 Å². The number of allylic oxidation sites excluding steroid dienone is 1. The fourth-order valence-electron chi connectivity index (χ4n) is 2.58. The maximum atomic E-state index is 9.78. The molecule has 0 saturated carbocycles. The van der Waals surface area contributed by atoms with Crippen molar-refractivity contribution in [2.45, 2.75) is 0 Å². The largest absolute Gasteiger partial charge is 0.508 e. The lowest BCUT2D eigenvalue weighted by Gasteiger charge is -2.12. The van der Waals surface area contributed by atoms with Crippen molar-refractivity contribution in [2.24, 2.45) is 0 Å². The van der Waals surface area contributed by atoms with Gasteiger partial charge in [0.05, 0.1) is 5.57 Å². The van der Waals surface area contributed by atoms with Crippen molar-refractivity contribution in [3.8, 4) is 17.6 Å². The summed E-state index contributed by atoms with van der Waals surface area (Å²) in [6, 6.07) is 25.3. The standard InChI is InChI=1S/C21H15NO2/c22-14-20(15-6-10-18(23)11-7-15)21(16-4-2-1-3-5-16)17-8-12-19(24)13-9-17/h1-13,23-24H/b21-20+. The molecule has 0 amide bonds. The number of nitriles is 1. The molecule has 0 aromatic heterocycles. The Hall–Kier alpha value is -3.51. The van der Waals surface area contributed by atoms with E-state index < -0.39 is 0 Å². The molecule has 0 bridgehead atoms. The normalized spacial score (nSPS) is 11.5. The summed E-state index contributed by atoms with van der Waals surface area (Å²) in [4.78, 5) is 0. The van der Waals surface area contributed by atoms with E-state index in [2.05, 4.69) is 6.07 Å². The molecule has 3 nitrogen and oxygen atoms in total. The monoisotopic (exact) mass is 313 g/mol. The summed E-state index contributed by atoms with van der Waals surface area (Å²) in [6.45, 7) is 0. The maximum absolute atomic E-state index is 9.78. The molecule has 0 unspecified atom stereocenters. The van der Waals surface area contributed by atoms with Crippen LogP contribution in [-0.2, 0) is 0 Å². The lowest BCUT2D eigenvalue weighted by atomic mass is 9.90. The SMILES string of the molecule is N#C/C(=C(/c1ccccc1)c1ccc(O)cc1)c1ccc(O)cc1. The average molecular weight is 313 g/mol. The second-order valence-corrected chi connectivity index (χ2v) is 5.32. The van der Waals surface area contributed by atoms with Crippen molar-refractivity contribution in [1.82, 2.24) is 0 Å². The zero-order valence-electron chi connectivity index (χ0n) is 12.8. The first-order valence-electron chi connectivity index (χ1n) is 7.47. The van der Waals surface area contributed by atoms with E-state index in [-0.39, 0.29) is 11.5 Å². The van der Waals surface area contributed by atoms with E-state index in [4.69, 9.17) is 0 Å². The lowest BCUT2D eigenvalue weighted by molar-refractivity contribution is 0.474. The topological polar surface area (TPSA) is 64.2 Å². The third kappa shape index (κ3) is 3.13. The molecule has 0 fully saturated rings. The van der Waals surface area contributed by atoms with Crippen LogP contribution < -0.4 is 0 Å². The van der Waals surface area contributed by atoms with Gasteiger partial charge in [-0.2, -0.15) is 5.26 Å². The number of phenols is 2. The van der Waals surface area contributed by atoms with Crippen LogP contribution in [0.3, 0.4) is 0 Å². The molecule has 0 radical (unpaired) electrons. The van der Waals surface area contributed by atoms with Gasteiger partial charge in [0.1, 0.15) is 17.6 Å². The van der Waals surface area contributed by atoms with E-state index in [0.29, 0.717) is 5.57 Å². The molecule has 0 heterocycles. The first-order chi connectivity index (χ1) is 11.7. The fourth-order valence-corrected chi connectivity index (χ4v) is 2.58. The van der Waals surface area contributed by atoms with Crippen LogP contribution in [0.4, 0.5) is 0 Å². The Labute approximate surface area is 140 Å². The number of hydrogen-bond donors (Lipinski definition) is 2.